The van der Waals surface area contributed by atoms with Gasteiger partial charge in [0.2, 0.25) is 0 Å². The highest BCUT2D eigenvalue weighted by molar-refractivity contribution is 7.91. The second-order valence-electron chi connectivity index (χ2n) is 4.60. The van der Waals surface area contributed by atoms with Crippen LogP contribution in [0.3, 0.4) is 0 Å². The van der Waals surface area contributed by atoms with Crippen LogP contribution < -0.4 is 4.74 Å². The second kappa shape index (κ2) is 6.67. The zero-order valence-corrected chi connectivity index (χ0v) is 11.4. The first-order chi connectivity index (χ1) is 8.00. The number of hydrogen-bond acceptors (Lipinski definition) is 3. The van der Waals surface area contributed by atoms with E-state index in [1.165, 1.54) is 0 Å². The van der Waals surface area contributed by atoms with E-state index in [2.05, 4.69) is 4.40 Å². The van der Waals surface area contributed by atoms with E-state index in [-0.39, 0.29) is 4.75 Å². The largest absolute Gasteiger partial charge is 0.591 e. The van der Waals surface area contributed by atoms with Crippen LogP contribution in [0.5, 0.6) is 5.75 Å². The number of rotatable bonds is 5. The number of ether oxygens (including phenoxy) is 1. The molecule has 0 aliphatic carbocycles. The summed E-state index contributed by atoms with van der Waals surface area (Å²) in [6.45, 7) is 6.26. The summed E-state index contributed by atoms with van der Waals surface area (Å²) in [5.74, 6) is 0.845. The summed E-state index contributed by atoms with van der Waals surface area (Å²) in [4.78, 5) is 0. The van der Waals surface area contributed by atoms with E-state index in [0.29, 0.717) is 13.0 Å². The van der Waals surface area contributed by atoms with Gasteiger partial charge >= 0.3 is 0 Å². The molecule has 0 bridgehead atoms. The molecule has 0 saturated heterocycles. The molecular weight excluding hydrogens is 234 g/mol. The van der Waals surface area contributed by atoms with Crippen molar-refractivity contribution in [2.75, 3.05) is 6.61 Å². The van der Waals surface area contributed by atoms with E-state index < -0.39 is 11.4 Å². The molecule has 0 aliphatic rings. The molecule has 1 rings (SSSR count). The molecule has 0 heterocycles. The van der Waals surface area contributed by atoms with Crippen LogP contribution in [0.25, 0.3) is 0 Å². The van der Waals surface area contributed by atoms with E-state index in [1.54, 1.807) is 6.21 Å². The van der Waals surface area contributed by atoms with E-state index in [0.717, 1.165) is 5.75 Å². The van der Waals surface area contributed by atoms with Gasteiger partial charge in [-0.1, -0.05) is 22.6 Å². The molecule has 17 heavy (non-hydrogen) atoms. The molecule has 0 amide bonds. The molecule has 94 valence electrons. The third-order valence-electron chi connectivity index (χ3n) is 1.95. The van der Waals surface area contributed by atoms with E-state index in [4.69, 9.17) is 4.74 Å². The molecule has 0 fully saturated rings. The molecule has 0 N–H and O–H groups in total. The second-order valence-corrected chi connectivity index (χ2v) is 6.53. The Balaban J connectivity index is 2.23. The number of benzene rings is 1. The quantitative estimate of drug-likeness (QED) is 0.460. The Labute approximate surface area is 106 Å². The van der Waals surface area contributed by atoms with Crippen LogP contribution in [0.1, 0.15) is 27.2 Å². The summed E-state index contributed by atoms with van der Waals surface area (Å²) in [6.07, 6.45) is 2.33. The molecule has 0 radical (unpaired) electrons. The Morgan fingerprint density at radius 1 is 1.29 bits per heavy atom. The SMILES string of the molecule is CC(C)(C)[S+]([O-])N=CCCOc1ccccc1. The Hall–Kier alpha value is -1.00. The Bertz CT molecular complexity index is 346. The maximum Gasteiger partial charge on any atom is 0.144 e. The van der Waals surface area contributed by atoms with Crippen molar-refractivity contribution in [3.63, 3.8) is 0 Å². The van der Waals surface area contributed by atoms with Crippen molar-refractivity contribution in [3.05, 3.63) is 30.3 Å². The van der Waals surface area contributed by atoms with Gasteiger partial charge in [0.05, 0.1) is 12.8 Å². The lowest BCUT2D eigenvalue weighted by atomic mass is 10.3. The molecule has 0 spiro atoms. The van der Waals surface area contributed by atoms with Crippen LogP contribution >= 0.6 is 0 Å². The molecule has 1 aromatic carbocycles. The van der Waals surface area contributed by atoms with Crippen LogP contribution in [0.2, 0.25) is 0 Å². The Kier molecular flexibility index (Phi) is 5.51. The number of para-hydroxylation sites is 1. The Morgan fingerprint density at radius 3 is 2.53 bits per heavy atom. The maximum atomic E-state index is 11.6. The molecule has 3 nitrogen and oxygen atoms in total. The fourth-order valence-corrected chi connectivity index (χ4v) is 1.58. The van der Waals surface area contributed by atoms with Crippen molar-refractivity contribution in [1.29, 1.82) is 0 Å². The average molecular weight is 253 g/mol. The van der Waals surface area contributed by atoms with Gasteiger partial charge in [0, 0.05) is 6.42 Å². The summed E-state index contributed by atoms with van der Waals surface area (Å²) >= 11 is -1.17. The smallest absolute Gasteiger partial charge is 0.144 e. The molecular formula is C13H19NO2S. The van der Waals surface area contributed by atoms with Crippen LogP contribution in [0.15, 0.2) is 34.7 Å². The molecule has 0 aromatic heterocycles. The van der Waals surface area contributed by atoms with Crippen LogP contribution in [-0.4, -0.2) is 22.1 Å². The third-order valence-corrected chi connectivity index (χ3v) is 3.34. The minimum atomic E-state index is -1.17. The summed E-state index contributed by atoms with van der Waals surface area (Å²) in [6, 6.07) is 9.62. The summed E-state index contributed by atoms with van der Waals surface area (Å²) in [5.41, 5.74) is 0. The molecule has 1 aromatic rings. The topological polar surface area (TPSA) is 44.7 Å². The first-order valence-electron chi connectivity index (χ1n) is 5.62. The maximum absolute atomic E-state index is 11.6. The van der Waals surface area contributed by atoms with Gasteiger partial charge in [-0.3, -0.25) is 0 Å². The predicted octanol–water partition coefficient (Wildman–Crippen LogP) is 2.99. The van der Waals surface area contributed by atoms with Crippen LogP contribution in [0, 0.1) is 0 Å². The molecule has 0 aliphatic heterocycles. The summed E-state index contributed by atoms with van der Waals surface area (Å²) in [7, 11) is 0. The number of nitrogens with zero attached hydrogens (tertiary/aromatic N) is 1. The first-order valence-corrected chi connectivity index (χ1v) is 6.73. The number of hydrogen-bond donors (Lipinski definition) is 0. The van der Waals surface area contributed by atoms with Crippen molar-refractivity contribution < 1.29 is 9.29 Å². The van der Waals surface area contributed by atoms with Crippen molar-refractivity contribution in [2.45, 2.75) is 31.9 Å². The van der Waals surface area contributed by atoms with Crippen molar-refractivity contribution in [1.82, 2.24) is 0 Å². The summed E-state index contributed by atoms with van der Waals surface area (Å²) < 4.78 is 20.8. The minimum absolute atomic E-state index is 0.295. The first kappa shape index (κ1) is 14.1. The average Bonchev–Trinajstić information content (AvgIpc) is 2.28. The van der Waals surface area contributed by atoms with Gasteiger partial charge in [-0.2, -0.15) is 0 Å². The van der Waals surface area contributed by atoms with Crippen molar-refractivity contribution in [3.8, 4) is 5.75 Å². The molecule has 1 unspecified atom stereocenters. The predicted molar refractivity (Wildman–Crippen MR) is 72.9 cm³/mol. The van der Waals surface area contributed by atoms with E-state index >= 15 is 0 Å². The molecule has 0 saturated carbocycles. The van der Waals surface area contributed by atoms with Gasteiger partial charge in [0.25, 0.3) is 0 Å². The highest BCUT2D eigenvalue weighted by Crippen LogP contribution is 2.16. The standard InChI is InChI=1S/C13H19NO2S/c1-13(2,3)17(15)14-10-7-11-16-12-8-5-4-6-9-12/h4-6,8-10H,7,11H2,1-3H3. The van der Waals surface area contributed by atoms with Gasteiger partial charge in [-0.25, -0.2) is 0 Å². The lowest BCUT2D eigenvalue weighted by Gasteiger charge is -2.17. The lowest BCUT2D eigenvalue weighted by Crippen LogP contribution is -2.25. The zero-order chi connectivity index (χ0) is 12.7. The molecule has 4 heteroatoms. The Morgan fingerprint density at radius 2 is 1.94 bits per heavy atom. The van der Waals surface area contributed by atoms with Crippen LogP contribution in [-0.2, 0) is 11.4 Å². The van der Waals surface area contributed by atoms with Gasteiger partial charge in [-0.05, 0) is 32.9 Å². The summed E-state index contributed by atoms with van der Waals surface area (Å²) in [5, 5.41) is 0. The van der Waals surface area contributed by atoms with Crippen LogP contribution in [0.4, 0.5) is 0 Å². The monoisotopic (exact) mass is 253 g/mol. The fraction of sp³-hybridized carbons (Fsp3) is 0.462. The van der Waals surface area contributed by atoms with Gasteiger partial charge < -0.3 is 9.29 Å². The molecule has 1 atom stereocenters. The van der Waals surface area contributed by atoms with Crippen molar-refractivity contribution in [2.24, 2.45) is 4.40 Å². The normalized spacial score (nSPS) is 13.9. The van der Waals surface area contributed by atoms with E-state index in [1.807, 2.05) is 51.1 Å². The van der Waals surface area contributed by atoms with Gasteiger partial charge in [0.1, 0.15) is 21.9 Å². The van der Waals surface area contributed by atoms with E-state index in [9.17, 15) is 4.55 Å². The zero-order valence-electron chi connectivity index (χ0n) is 10.6. The van der Waals surface area contributed by atoms with Gasteiger partial charge in [0.15, 0.2) is 0 Å². The minimum Gasteiger partial charge on any atom is -0.591 e. The third kappa shape index (κ3) is 5.75. The van der Waals surface area contributed by atoms with Crippen molar-refractivity contribution >= 4 is 17.6 Å². The fourth-order valence-electron chi connectivity index (χ4n) is 1.02. The van der Waals surface area contributed by atoms with Gasteiger partial charge in [-0.15, -0.1) is 0 Å². The highest BCUT2D eigenvalue weighted by atomic mass is 32.2. The lowest BCUT2D eigenvalue weighted by molar-refractivity contribution is 0.330. The highest BCUT2D eigenvalue weighted by Gasteiger charge is 2.25.